The zero-order valence-electron chi connectivity index (χ0n) is 14.1. The van der Waals surface area contributed by atoms with Crippen molar-refractivity contribution >= 4 is 23.4 Å². The van der Waals surface area contributed by atoms with Crippen molar-refractivity contribution in [2.24, 2.45) is 0 Å². The number of methoxy groups -OCH3 is 2. The Balaban J connectivity index is 2.24. The van der Waals surface area contributed by atoms with Gasteiger partial charge in [-0.1, -0.05) is 0 Å². The molecule has 0 unspecified atom stereocenters. The Kier molecular flexibility index (Phi) is 5.90. The van der Waals surface area contributed by atoms with Crippen molar-refractivity contribution in [3.05, 3.63) is 63.7 Å². The fourth-order valence-electron chi connectivity index (χ4n) is 2.11. The van der Waals surface area contributed by atoms with Crippen LogP contribution in [0.2, 0.25) is 0 Å². The predicted octanol–water partition coefficient (Wildman–Crippen LogP) is 3.16. The maximum atomic E-state index is 12.3. The number of hydrogen-bond donors (Lipinski definition) is 1. The molecule has 8 heteroatoms. The molecule has 26 heavy (non-hydrogen) atoms. The van der Waals surface area contributed by atoms with Crippen molar-refractivity contribution in [2.75, 3.05) is 19.5 Å². The number of hydrogen-bond acceptors (Lipinski definition) is 6. The van der Waals surface area contributed by atoms with Gasteiger partial charge in [0.15, 0.2) is 0 Å². The number of rotatable bonds is 6. The second-order valence-corrected chi connectivity index (χ2v) is 5.04. The summed E-state index contributed by atoms with van der Waals surface area (Å²) in [4.78, 5) is 22.4. The first-order chi connectivity index (χ1) is 12.5. The van der Waals surface area contributed by atoms with E-state index in [9.17, 15) is 20.2 Å². The quantitative estimate of drug-likeness (QED) is 0.369. The molecule has 0 aliphatic rings. The summed E-state index contributed by atoms with van der Waals surface area (Å²) in [5.74, 6) is 0.382. The molecule has 1 N–H and O–H groups in total. The number of nitrogens with one attached hydrogen (secondary N) is 1. The van der Waals surface area contributed by atoms with Gasteiger partial charge in [-0.15, -0.1) is 0 Å². The van der Waals surface area contributed by atoms with Crippen LogP contribution in [0.1, 0.15) is 5.56 Å². The van der Waals surface area contributed by atoms with Crippen LogP contribution >= 0.6 is 0 Å². The first-order valence-corrected chi connectivity index (χ1v) is 7.38. The van der Waals surface area contributed by atoms with Crippen LogP contribution in [0, 0.1) is 21.4 Å². The average Bonchev–Trinajstić information content (AvgIpc) is 2.66. The van der Waals surface area contributed by atoms with Gasteiger partial charge in [0.2, 0.25) is 0 Å². The molecular weight excluding hydrogens is 338 g/mol. The lowest BCUT2D eigenvalue weighted by atomic mass is 10.1. The number of amides is 1. The summed E-state index contributed by atoms with van der Waals surface area (Å²) in [6, 6.07) is 12.1. The van der Waals surface area contributed by atoms with Crippen LogP contribution < -0.4 is 14.8 Å². The van der Waals surface area contributed by atoms with Gasteiger partial charge >= 0.3 is 0 Å². The zero-order chi connectivity index (χ0) is 19.1. The summed E-state index contributed by atoms with van der Waals surface area (Å²) < 4.78 is 10.3. The molecule has 1 amide bonds. The number of nitro benzene ring substituents is 1. The predicted molar refractivity (Wildman–Crippen MR) is 94.9 cm³/mol. The fourth-order valence-corrected chi connectivity index (χ4v) is 2.11. The highest BCUT2D eigenvalue weighted by Crippen LogP contribution is 2.26. The lowest BCUT2D eigenvalue weighted by molar-refractivity contribution is -0.384. The molecule has 2 aromatic carbocycles. The molecule has 0 aromatic heterocycles. The van der Waals surface area contributed by atoms with Crippen LogP contribution in [0.5, 0.6) is 11.5 Å². The number of ether oxygens (including phenoxy) is 2. The van der Waals surface area contributed by atoms with Crippen molar-refractivity contribution < 1.29 is 19.2 Å². The van der Waals surface area contributed by atoms with Crippen molar-refractivity contribution in [3.63, 3.8) is 0 Å². The van der Waals surface area contributed by atoms with E-state index in [1.54, 1.807) is 18.2 Å². The number of benzene rings is 2. The van der Waals surface area contributed by atoms with Crippen LogP contribution in [0.3, 0.4) is 0 Å². The molecule has 0 bridgehead atoms. The van der Waals surface area contributed by atoms with Gasteiger partial charge in [0.05, 0.1) is 19.1 Å². The second-order valence-electron chi connectivity index (χ2n) is 5.04. The Morgan fingerprint density at radius 1 is 1.19 bits per heavy atom. The van der Waals surface area contributed by atoms with Gasteiger partial charge < -0.3 is 14.8 Å². The van der Waals surface area contributed by atoms with E-state index in [0.29, 0.717) is 22.7 Å². The second kappa shape index (κ2) is 8.30. The highest BCUT2D eigenvalue weighted by molar-refractivity contribution is 6.09. The largest absolute Gasteiger partial charge is 0.497 e. The lowest BCUT2D eigenvalue weighted by Gasteiger charge is -2.08. The molecule has 8 nitrogen and oxygen atoms in total. The van der Waals surface area contributed by atoms with Gasteiger partial charge in [0, 0.05) is 29.4 Å². The van der Waals surface area contributed by atoms with Crippen molar-refractivity contribution in [3.8, 4) is 17.6 Å². The Labute approximate surface area is 149 Å². The standard InChI is InChI=1S/C18H15N3O5/c1-25-16-8-3-12(17(10-16)26-2)9-13(11-19)18(22)20-14-4-6-15(7-5-14)21(23)24/h3-10H,1-2H3,(H,20,22)/b13-9-. The van der Waals surface area contributed by atoms with Gasteiger partial charge in [-0.05, 0) is 30.3 Å². The summed E-state index contributed by atoms with van der Waals surface area (Å²) in [6.45, 7) is 0. The Morgan fingerprint density at radius 2 is 1.88 bits per heavy atom. The molecule has 0 heterocycles. The molecule has 0 aliphatic carbocycles. The normalized spacial score (nSPS) is 10.6. The molecule has 2 rings (SSSR count). The third-order valence-electron chi connectivity index (χ3n) is 3.44. The van der Waals surface area contributed by atoms with Crippen molar-refractivity contribution in [1.29, 1.82) is 5.26 Å². The van der Waals surface area contributed by atoms with Gasteiger partial charge in [0.25, 0.3) is 11.6 Å². The summed E-state index contributed by atoms with van der Waals surface area (Å²) in [6.07, 6.45) is 1.39. The minimum absolute atomic E-state index is 0.0954. The van der Waals surface area contributed by atoms with E-state index < -0.39 is 10.8 Å². The average molecular weight is 353 g/mol. The Morgan fingerprint density at radius 3 is 2.42 bits per heavy atom. The molecule has 0 spiro atoms. The van der Waals surface area contributed by atoms with E-state index >= 15 is 0 Å². The Bertz CT molecular complexity index is 898. The first kappa shape index (κ1) is 18.5. The molecule has 0 radical (unpaired) electrons. The lowest BCUT2D eigenvalue weighted by Crippen LogP contribution is -2.13. The SMILES string of the molecule is COc1ccc(/C=C(/C#N)C(=O)Nc2ccc([N+](=O)[O-])cc2)c(OC)c1. The zero-order valence-corrected chi connectivity index (χ0v) is 14.1. The summed E-state index contributed by atoms with van der Waals surface area (Å²) in [5.41, 5.74) is 0.626. The number of non-ortho nitro benzene ring substituents is 1. The van der Waals surface area contributed by atoms with Crippen LogP contribution in [0.25, 0.3) is 6.08 Å². The van der Waals surface area contributed by atoms with Gasteiger partial charge in [-0.2, -0.15) is 5.26 Å². The number of nitro groups is 1. The first-order valence-electron chi connectivity index (χ1n) is 7.38. The summed E-state index contributed by atoms with van der Waals surface area (Å²) >= 11 is 0. The van der Waals surface area contributed by atoms with Gasteiger partial charge in [0.1, 0.15) is 23.1 Å². The van der Waals surface area contributed by atoms with E-state index in [2.05, 4.69) is 5.32 Å². The highest BCUT2D eigenvalue weighted by Gasteiger charge is 2.13. The molecule has 0 fully saturated rings. The van der Waals surface area contributed by atoms with E-state index in [4.69, 9.17) is 9.47 Å². The van der Waals surface area contributed by atoms with Crippen LogP contribution in [0.15, 0.2) is 48.0 Å². The molecule has 0 saturated carbocycles. The molecule has 2 aromatic rings. The number of carbonyl (C=O) groups is 1. The van der Waals surface area contributed by atoms with Crippen LogP contribution in [0.4, 0.5) is 11.4 Å². The summed E-state index contributed by atoms with van der Waals surface area (Å²) in [5, 5.41) is 22.4. The number of nitriles is 1. The maximum Gasteiger partial charge on any atom is 0.269 e. The number of carbonyl (C=O) groups excluding carboxylic acids is 1. The third-order valence-corrected chi connectivity index (χ3v) is 3.44. The fraction of sp³-hybridized carbons (Fsp3) is 0.111. The third kappa shape index (κ3) is 4.36. The van der Waals surface area contributed by atoms with Crippen molar-refractivity contribution in [2.45, 2.75) is 0 Å². The maximum absolute atomic E-state index is 12.3. The van der Waals surface area contributed by atoms with Gasteiger partial charge in [-0.3, -0.25) is 14.9 Å². The van der Waals surface area contributed by atoms with E-state index in [-0.39, 0.29) is 11.3 Å². The molecular formula is C18H15N3O5. The minimum Gasteiger partial charge on any atom is -0.497 e. The van der Waals surface area contributed by atoms with E-state index in [1.807, 2.05) is 6.07 Å². The van der Waals surface area contributed by atoms with Gasteiger partial charge in [-0.25, -0.2) is 0 Å². The topological polar surface area (TPSA) is 114 Å². The monoisotopic (exact) mass is 353 g/mol. The smallest absolute Gasteiger partial charge is 0.269 e. The van der Waals surface area contributed by atoms with Crippen molar-refractivity contribution in [1.82, 2.24) is 0 Å². The number of anilines is 1. The highest BCUT2D eigenvalue weighted by atomic mass is 16.6. The molecule has 132 valence electrons. The van der Waals surface area contributed by atoms with E-state index in [0.717, 1.165) is 0 Å². The van der Waals surface area contributed by atoms with Crippen LogP contribution in [-0.2, 0) is 4.79 Å². The van der Waals surface area contributed by atoms with Crippen LogP contribution in [-0.4, -0.2) is 25.1 Å². The van der Waals surface area contributed by atoms with E-state index in [1.165, 1.54) is 44.6 Å². The molecule has 0 atom stereocenters. The summed E-state index contributed by atoms with van der Waals surface area (Å²) in [7, 11) is 2.98. The minimum atomic E-state index is -0.640. The number of nitrogens with zero attached hydrogens (tertiary/aromatic N) is 2. The Hall–Kier alpha value is -3.86. The molecule has 0 aliphatic heterocycles. The molecule has 0 saturated heterocycles.